The summed E-state index contributed by atoms with van der Waals surface area (Å²) in [4.78, 5) is 2.52. The Balaban J connectivity index is 2.48. The molecule has 0 aromatic heterocycles. The van der Waals surface area contributed by atoms with E-state index in [2.05, 4.69) is 25.7 Å². The second-order valence-electron chi connectivity index (χ2n) is 5.75. The van der Waals surface area contributed by atoms with Gasteiger partial charge in [-0.05, 0) is 44.9 Å². The molecule has 0 saturated carbocycles. The van der Waals surface area contributed by atoms with Crippen molar-refractivity contribution in [3.8, 4) is 0 Å². The van der Waals surface area contributed by atoms with Crippen molar-refractivity contribution in [3.05, 3.63) is 34.9 Å². The first-order valence-electron chi connectivity index (χ1n) is 7.80. The summed E-state index contributed by atoms with van der Waals surface area (Å²) in [6.07, 6.45) is 4.80. The minimum absolute atomic E-state index is 0.0242. The van der Waals surface area contributed by atoms with Crippen molar-refractivity contribution >= 4 is 11.6 Å². The van der Waals surface area contributed by atoms with Gasteiger partial charge in [-0.3, -0.25) is 0 Å². The van der Waals surface area contributed by atoms with E-state index in [1.54, 1.807) is 0 Å². The standard InChI is InChI=1S/C17H29ClN2/c1-4-5-8-12-20(14(2)3)13-11-17(19)15-9-6-7-10-16(15)18/h6-7,9-10,14,17H,4-5,8,11-13,19H2,1-3H3. The number of halogens is 1. The van der Waals surface area contributed by atoms with Crippen LogP contribution in [0.4, 0.5) is 0 Å². The van der Waals surface area contributed by atoms with Gasteiger partial charge in [-0.15, -0.1) is 0 Å². The second kappa shape index (κ2) is 9.38. The van der Waals surface area contributed by atoms with E-state index in [4.69, 9.17) is 17.3 Å². The molecule has 3 heteroatoms. The number of benzene rings is 1. The van der Waals surface area contributed by atoms with Crippen LogP contribution in [-0.4, -0.2) is 24.0 Å². The van der Waals surface area contributed by atoms with Crippen LogP contribution in [0.25, 0.3) is 0 Å². The molecule has 20 heavy (non-hydrogen) atoms. The van der Waals surface area contributed by atoms with Crippen molar-refractivity contribution in [1.29, 1.82) is 0 Å². The first-order chi connectivity index (χ1) is 9.56. The quantitative estimate of drug-likeness (QED) is 0.673. The SMILES string of the molecule is CCCCCN(CCC(N)c1ccccc1Cl)C(C)C. The van der Waals surface area contributed by atoms with E-state index in [1.807, 2.05) is 24.3 Å². The Morgan fingerprint density at radius 3 is 2.45 bits per heavy atom. The first kappa shape index (κ1) is 17.5. The molecule has 0 bridgehead atoms. The van der Waals surface area contributed by atoms with Crippen molar-refractivity contribution < 1.29 is 0 Å². The Morgan fingerprint density at radius 1 is 1.15 bits per heavy atom. The van der Waals surface area contributed by atoms with Gasteiger partial charge in [0.15, 0.2) is 0 Å². The van der Waals surface area contributed by atoms with Crippen LogP contribution < -0.4 is 5.73 Å². The van der Waals surface area contributed by atoms with Gasteiger partial charge in [-0.1, -0.05) is 49.6 Å². The molecule has 1 atom stereocenters. The molecular formula is C17H29ClN2. The molecular weight excluding hydrogens is 268 g/mol. The highest BCUT2D eigenvalue weighted by Crippen LogP contribution is 2.23. The molecule has 0 heterocycles. The molecule has 0 aliphatic rings. The summed E-state index contributed by atoms with van der Waals surface area (Å²) in [7, 11) is 0. The van der Waals surface area contributed by atoms with E-state index in [-0.39, 0.29) is 6.04 Å². The van der Waals surface area contributed by atoms with Crippen molar-refractivity contribution in [1.82, 2.24) is 4.90 Å². The molecule has 2 nitrogen and oxygen atoms in total. The zero-order valence-corrected chi connectivity index (χ0v) is 13.9. The average molecular weight is 297 g/mol. The van der Waals surface area contributed by atoms with Gasteiger partial charge in [-0.2, -0.15) is 0 Å². The van der Waals surface area contributed by atoms with Crippen molar-refractivity contribution in [2.45, 2.75) is 58.5 Å². The average Bonchev–Trinajstić information content (AvgIpc) is 2.42. The minimum Gasteiger partial charge on any atom is -0.324 e. The number of unbranched alkanes of at least 4 members (excludes halogenated alkanes) is 2. The fourth-order valence-corrected chi connectivity index (χ4v) is 2.71. The van der Waals surface area contributed by atoms with Crippen molar-refractivity contribution in [2.75, 3.05) is 13.1 Å². The largest absolute Gasteiger partial charge is 0.324 e. The third-order valence-corrected chi connectivity index (χ3v) is 4.16. The van der Waals surface area contributed by atoms with E-state index in [1.165, 1.54) is 25.8 Å². The number of nitrogens with two attached hydrogens (primary N) is 1. The monoisotopic (exact) mass is 296 g/mol. The Hall–Kier alpha value is -0.570. The molecule has 0 spiro atoms. The van der Waals surface area contributed by atoms with E-state index >= 15 is 0 Å². The lowest BCUT2D eigenvalue weighted by Gasteiger charge is -2.28. The lowest BCUT2D eigenvalue weighted by molar-refractivity contribution is 0.209. The summed E-state index contributed by atoms with van der Waals surface area (Å²) in [5, 5.41) is 0.780. The van der Waals surface area contributed by atoms with Crippen LogP contribution in [0.5, 0.6) is 0 Å². The maximum atomic E-state index is 6.29. The van der Waals surface area contributed by atoms with Crippen molar-refractivity contribution in [3.63, 3.8) is 0 Å². The fraction of sp³-hybridized carbons (Fsp3) is 0.647. The number of hydrogen-bond donors (Lipinski definition) is 1. The molecule has 0 fully saturated rings. The third kappa shape index (κ3) is 5.82. The van der Waals surface area contributed by atoms with Crippen LogP contribution in [0.2, 0.25) is 5.02 Å². The maximum Gasteiger partial charge on any atom is 0.0453 e. The van der Waals surface area contributed by atoms with Crippen LogP contribution >= 0.6 is 11.6 Å². The Morgan fingerprint density at radius 2 is 1.85 bits per heavy atom. The number of nitrogens with zero attached hydrogens (tertiary/aromatic N) is 1. The second-order valence-corrected chi connectivity index (χ2v) is 6.16. The van der Waals surface area contributed by atoms with Gasteiger partial charge in [0.2, 0.25) is 0 Å². The Bertz CT molecular complexity index is 379. The molecule has 0 amide bonds. The lowest BCUT2D eigenvalue weighted by atomic mass is 10.0. The van der Waals surface area contributed by atoms with Crippen LogP contribution in [-0.2, 0) is 0 Å². The van der Waals surface area contributed by atoms with Gasteiger partial charge in [-0.25, -0.2) is 0 Å². The molecule has 2 N–H and O–H groups in total. The molecule has 1 unspecified atom stereocenters. The number of rotatable bonds is 9. The Labute approximate surface area is 129 Å². The molecule has 0 aliphatic carbocycles. The van der Waals surface area contributed by atoms with Gasteiger partial charge in [0.1, 0.15) is 0 Å². The van der Waals surface area contributed by atoms with E-state index in [0.29, 0.717) is 6.04 Å². The molecule has 0 radical (unpaired) electrons. The first-order valence-corrected chi connectivity index (χ1v) is 8.18. The summed E-state index contributed by atoms with van der Waals surface area (Å²) in [5.41, 5.74) is 7.35. The zero-order chi connectivity index (χ0) is 15.0. The summed E-state index contributed by atoms with van der Waals surface area (Å²) >= 11 is 6.21. The molecule has 0 aliphatic heterocycles. The molecule has 1 aromatic carbocycles. The number of hydrogen-bond acceptors (Lipinski definition) is 2. The molecule has 114 valence electrons. The summed E-state index contributed by atoms with van der Waals surface area (Å²) in [6, 6.07) is 8.50. The summed E-state index contributed by atoms with van der Waals surface area (Å²) in [5.74, 6) is 0. The minimum atomic E-state index is 0.0242. The normalized spacial score (nSPS) is 13.2. The van der Waals surface area contributed by atoms with Crippen molar-refractivity contribution in [2.24, 2.45) is 5.73 Å². The maximum absolute atomic E-state index is 6.29. The van der Waals surface area contributed by atoms with E-state index in [9.17, 15) is 0 Å². The predicted molar refractivity (Wildman–Crippen MR) is 89.2 cm³/mol. The van der Waals surface area contributed by atoms with E-state index in [0.717, 1.165) is 23.6 Å². The zero-order valence-electron chi connectivity index (χ0n) is 13.1. The highest BCUT2D eigenvalue weighted by Gasteiger charge is 2.14. The van der Waals surface area contributed by atoms with Gasteiger partial charge in [0.25, 0.3) is 0 Å². The molecule has 1 aromatic rings. The fourth-order valence-electron chi connectivity index (χ4n) is 2.43. The van der Waals surface area contributed by atoms with Crippen LogP contribution in [0.15, 0.2) is 24.3 Å². The van der Waals surface area contributed by atoms with Gasteiger partial charge < -0.3 is 10.6 Å². The Kier molecular flexibility index (Phi) is 8.20. The van der Waals surface area contributed by atoms with E-state index < -0.39 is 0 Å². The smallest absolute Gasteiger partial charge is 0.0453 e. The van der Waals surface area contributed by atoms with Gasteiger partial charge >= 0.3 is 0 Å². The predicted octanol–water partition coefficient (Wildman–Crippen LogP) is 4.63. The van der Waals surface area contributed by atoms with Gasteiger partial charge in [0.05, 0.1) is 0 Å². The molecule has 1 rings (SSSR count). The lowest BCUT2D eigenvalue weighted by Crippen LogP contribution is -2.34. The summed E-state index contributed by atoms with van der Waals surface area (Å²) in [6.45, 7) is 8.96. The topological polar surface area (TPSA) is 29.3 Å². The highest BCUT2D eigenvalue weighted by molar-refractivity contribution is 6.31. The van der Waals surface area contributed by atoms with Gasteiger partial charge in [0, 0.05) is 23.7 Å². The molecule has 0 saturated heterocycles. The highest BCUT2D eigenvalue weighted by atomic mass is 35.5. The summed E-state index contributed by atoms with van der Waals surface area (Å²) < 4.78 is 0. The van der Waals surface area contributed by atoms with Crippen LogP contribution in [0.3, 0.4) is 0 Å². The third-order valence-electron chi connectivity index (χ3n) is 3.81. The van der Waals surface area contributed by atoms with Crippen LogP contribution in [0, 0.1) is 0 Å². The van der Waals surface area contributed by atoms with Crippen LogP contribution in [0.1, 0.15) is 58.1 Å².